The first kappa shape index (κ1) is 15.1. The molecule has 0 bridgehead atoms. The molecule has 0 aliphatic heterocycles. The molecule has 0 saturated carbocycles. The fourth-order valence-electron chi connectivity index (χ4n) is 1.98. The standard InChI is InChI=1S/C17H11ClO5/c18-17(20)12-2-5-13(6-3-12)21-10-22-14-7-1-11-4-8-16(19)23-15(11)9-14/h1-9H,10H2. The minimum Gasteiger partial charge on any atom is -0.458 e. The minimum absolute atomic E-state index is 0.0310. The van der Waals surface area contributed by atoms with Gasteiger partial charge in [-0.3, -0.25) is 4.79 Å². The third-order valence-electron chi connectivity index (χ3n) is 3.13. The molecule has 6 heteroatoms. The number of carbonyl (C=O) groups is 1. The lowest BCUT2D eigenvalue weighted by atomic mass is 10.2. The first-order valence-electron chi connectivity index (χ1n) is 6.71. The van der Waals surface area contributed by atoms with Crippen molar-refractivity contribution in [2.75, 3.05) is 6.79 Å². The van der Waals surface area contributed by atoms with Gasteiger partial charge >= 0.3 is 5.63 Å². The van der Waals surface area contributed by atoms with Crippen LogP contribution in [-0.2, 0) is 0 Å². The Morgan fingerprint density at radius 3 is 2.35 bits per heavy atom. The maximum Gasteiger partial charge on any atom is 0.336 e. The molecule has 0 unspecified atom stereocenters. The molecule has 23 heavy (non-hydrogen) atoms. The molecular weight excluding hydrogens is 320 g/mol. The van der Waals surface area contributed by atoms with E-state index in [2.05, 4.69) is 0 Å². The van der Waals surface area contributed by atoms with Crippen molar-refractivity contribution in [3.05, 3.63) is 70.6 Å². The van der Waals surface area contributed by atoms with Crippen LogP contribution in [0.2, 0.25) is 0 Å². The van der Waals surface area contributed by atoms with Crippen LogP contribution < -0.4 is 15.1 Å². The normalized spacial score (nSPS) is 10.5. The van der Waals surface area contributed by atoms with Gasteiger partial charge in [0.2, 0.25) is 6.79 Å². The molecule has 0 fully saturated rings. The zero-order valence-corrected chi connectivity index (χ0v) is 12.6. The lowest BCUT2D eigenvalue weighted by Gasteiger charge is -2.09. The summed E-state index contributed by atoms with van der Waals surface area (Å²) in [5.41, 5.74) is 0.421. The first-order valence-corrected chi connectivity index (χ1v) is 7.09. The molecule has 3 aromatic rings. The molecule has 1 aromatic heterocycles. The van der Waals surface area contributed by atoms with Gasteiger partial charge in [0, 0.05) is 23.1 Å². The molecule has 0 radical (unpaired) electrons. The van der Waals surface area contributed by atoms with E-state index < -0.39 is 10.9 Å². The summed E-state index contributed by atoms with van der Waals surface area (Å²) in [6, 6.07) is 14.6. The third kappa shape index (κ3) is 3.70. The van der Waals surface area contributed by atoms with E-state index in [0.29, 0.717) is 22.6 Å². The average molecular weight is 331 g/mol. The van der Waals surface area contributed by atoms with Gasteiger partial charge in [0.15, 0.2) is 0 Å². The summed E-state index contributed by atoms with van der Waals surface area (Å²) < 4.78 is 16.0. The van der Waals surface area contributed by atoms with Crippen molar-refractivity contribution >= 4 is 27.8 Å². The number of carbonyl (C=O) groups excluding carboxylic acids is 1. The van der Waals surface area contributed by atoms with Gasteiger partial charge in [-0.1, -0.05) is 0 Å². The Labute approximate surface area is 136 Å². The number of rotatable bonds is 5. The predicted octanol–water partition coefficient (Wildman–Crippen LogP) is 3.59. The Kier molecular flexibility index (Phi) is 4.30. The second-order valence-electron chi connectivity index (χ2n) is 4.66. The lowest BCUT2D eigenvalue weighted by molar-refractivity contribution is 0.108. The summed E-state index contributed by atoms with van der Waals surface area (Å²) >= 11 is 5.36. The quantitative estimate of drug-likeness (QED) is 0.406. The van der Waals surface area contributed by atoms with Crippen molar-refractivity contribution < 1.29 is 18.7 Å². The van der Waals surface area contributed by atoms with E-state index in [1.165, 1.54) is 6.07 Å². The van der Waals surface area contributed by atoms with Gasteiger partial charge in [0.1, 0.15) is 17.1 Å². The van der Waals surface area contributed by atoms with Crippen LogP contribution in [0.4, 0.5) is 0 Å². The van der Waals surface area contributed by atoms with Crippen molar-refractivity contribution in [2.45, 2.75) is 0 Å². The molecule has 3 rings (SSSR count). The fraction of sp³-hybridized carbons (Fsp3) is 0.0588. The molecule has 0 N–H and O–H groups in total. The van der Waals surface area contributed by atoms with Crippen LogP contribution in [0.1, 0.15) is 10.4 Å². The summed E-state index contributed by atoms with van der Waals surface area (Å²) in [7, 11) is 0. The van der Waals surface area contributed by atoms with E-state index in [9.17, 15) is 9.59 Å². The van der Waals surface area contributed by atoms with Gasteiger partial charge in [0.25, 0.3) is 5.24 Å². The first-order chi connectivity index (χ1) is 11.1. The zero-order valence-electron chi connectivity index (χ0n) is 11.8. The van der Waals surface area contributed by atoms with Crippen LogP contribution in [0, 0.1) is 0 Å². The predicted molar refractivity (Wildman–Crippen MR) is 85.2 cm³/mol. The molecule has 0 spiro atoms. The highest BCUT2D eigenvalue weighted by atomic mass is 35.5. The molecule has 0 atom stereocenters. The molecule has 0 aliphatic carbocycles. The second kappa shape index (κ2) is 6.54. The lowest BCUT2D eigenvalue weighted by Crippen LogP contribution is -2.05. The Balaban J connectivity index is 1.64. The van der Waals surface area contributed by atoms with Crippen molar-refractivity contribution in [1.29, 1.82) is 0 Å². The molecule has 1 heterocycles. The second-order valence-corrected chi connectivity index (χ2v) is 5.00. The van der Waals surface area contributed by atoms with E-state index in [1.54, 1.807) is 48.5 Å². The number of fused-ring (bicyclic) bond motifs is 1. The minimum atomic E-state index is -0.523. The summed E-state index contributed by atoms with van der Waals surface area (Å²) in [6.45, 7) is -0.0310. The zero-order chi connectivity index (χ0) is 16.2. The maximum atomic E-state index is 11.2. The van der Waals surface area contributed by atoms with Gasteiger partial charge in [-0.2, -0.15) is 0 Å². The monoisotopic (exact) mass is 330 g/mol. The molecule has 5 nitrogen and oxygen atoms in total. The topological polar surface area (TPSA) is 65.7 Å². The van der Waals surface area contributed by atoms with E-state index in [-0.39, 0.29) is 6.79 Å². The number of ether oxygens (including phenoxy) is 2. The molecular formula is C17H11ClO5. The SMILES string of the molecule is O=C(Cl)c1ccc(OCOc2ccc3ccc(=O)oc3c2)cc1. The number of benzene rings is 2. The van der Waals surface area contributed by atoms with E-state index >= 15 is 0 Å². The highest BCUT2D eigenvalue weighted by molar-refractivity contribution is 6.67. The number of hydrogen-bond acceptors (Lipinski definition) is 5. The van der Waals surface area contributed by atoms with Crippen molar-refractivity contribution in [3.8, 4) is 11.5 Å². The number of halogens is 1. The summed E-state index contributed by atoms with van der Waals surface area (Å²) in [6.07, 6.45) is 0. The van der Waals surface area contributed by atoms with Gasteiger partial charge in [-0.25, -0.2) is 4.79 Å². The van der Waals surface area contributed by atoms with Crippen molar-refractivity contribution in [2.24, 2.45) is 0 Å². The molecule has 0 amide bonds. The van der Waals surface area contributed by atoms with E-state index in [0.717, 1.165) is 5.39 Å². The summed E-state index contributed by atoms with van der Waals surface area (Å²) in [5, 5.41) is 0.282. The Morgan fingerprint density at radius 2 is 1.61 bits per heavy atom. The molecule has 116 valence electrons. The van der Waals surface area contributed by atoms with Crippen LogP contribution >= 0.6 is 11.6 Å². The van der Waals surface area contributed by atoms with Gasteiger partial charge in [-0.05, 0) is 54.1 Å². The summed E-state index contributed by atoms with van der Waals surface area (Å²) in [4.78, 5) is 22.2. The Bertz CT molecular complexity index is 899. The maximum absolute atomic E-state index is 11.2. The largest absolute Gasteiger partial charge is 0.458 e. The highest BCUT2D eigenvalue weighted by Gasteiger charge is 2.03. The van der Waals surface area contributed by atoms with Crippen molar-refractivity contribution in [3.63, 3.8) is 0 Å². The Morgan fingerprint density at radius 1 is 0.957 bits per heavy atom. The van der Waals surface area contributed by atoms with Crippen molar-refractivity contribution in [1.82, 2.24) is 0 Å². The summed E-state index contributed by atoms with van der Waals surface area (Å²) in [5.74, 6) is 1.05. The smallest absolute Gasteiger partial charge is 0.336 e. The number of hydrogen-bond donors (Lipinski definition) is 0. The van der Waals surface area contributed by atoms with E-state index in [1.807, 2.05) is 0 Å². The Hall–Kier alpha value is -2.79. The average Bonchev–Trinajstić information content (AvgIpc) is 2.55. The molecule has 0 saturated heterocycles. The van der Waals surface area contributed by atoms with Gasteiger partial charge in [-0.15, -0.1) is 0 Å². The van der Waals surface area contributed by atoms with Gasteiger partial charge in [0.05, 0.1) is 0 Å². The van der Waals surface area contributed by atoms with Gasteiger partial charge < -0.3 is 13.9 Å². The van der Waals surface area contributed by atoms with Crippen LogP contribution in [0.25, 0.3) is 11.0 Å². The molecule has 2 aromatic carbocycles. The van der Waals surface area contributed by atoms with Crippen LogP contribution in [-0.4, -0.2) is 12.0 Å². The fourth-order valence-corrected chi connectivity index (χ4v) is 2.10. The highest BCUT2D eigenvalue weighted by Crippen LogP contribution is 2.20. The third-order valence-corrected chi connectivity index (χ3v) is 3.35. The van der Waals surface area contributed by atoms with Crippen LogP contribution in [0.5, 0.6) is 11.5 Å². The van der Waals surface area contributed by atoms with Crippen LogP contribution in [0.15, 0.2) is 63.8 Å². The van der Waals surface area contributed by atoms with Crippen LogP contribution in [0.3, 0.4) is 0 Å². The molecule has 0 aliphatic rings. The van der Waals surface area contributed by atoms with E-state index in [4.69, 9.17) is 25.5 Å².